The Labute approximate surface area is 121 Å². The number of benzene rings is 1. The van der Waals surface area contributed by atoms with Crippen LogP contribution in [0.5, 0.6) is 5.88 Å². The number of amides is 1. The summed E-state index contributed by atoms with van der Waals surface area (Å²) in [5, 5.41) is 11.5. The number of hydrogen-bond donors (Lipinski definition) is 2. The second-order valence-corrected chi connectivity index (χ2v) is 4.27. The largest absolute Gasteiger partial charge is 0.481 e. The summed E-state index contributed by atoms with van der Waals surface area (Å²) in [5.41, 5.74) is 1.46. The molecular weight excluding hydrogens is 272 g/mol. The molecule has 21 heavy (non-hydrogen) atoms. The van der Waals surface area contributed by atoms with E-state index in [9.17, 15) is 9.59 Å². The molecule has 0 unspecified atom stereocenters. The van der Waals surface area contributed by atoms with Crippen LogP contribution in [-0.2, 0) is 6.54 Å². The number of carbonyl (C=O) groups is 2. The predicted octanol–water partition coefficient (Wildman–Crippen LogP) is 1.72. The minimum absolute atomic E-state index is 0.212. The standard InChI is InChI=1S/C15H14N2O4/c1-21-13-7-6-12(9-16-13)14(18)17-8-10-2-4-11(5-3-10)15(19)20/h2-7,9H,8H2,1H3,(H,17,18)(H,19,20). The lowest BCUT2D eigenvalue weighted by Gasteiger charge is -2.06. The quantitative estimate of drug-likeness (QED) is 0.873. The summed E-state index contributed by atoms with van der Waals surface area (Å²) in [6.45, 7) is 0.310. The van der Waals surface area contributed by atoms with Crippen LogP contribution in [0, 0.1) is 0 Å². The van der Waals surface area contributed by atoms with Crippen molar-refractivity contribution < 1.29 is 19.4 Å². The van der Waals surface area contributed by atoms with Crippen molar-refractivity contribution in [2.24, 2.45) is 0 Å². The molecule has 0 saturated carbocycles. The minimum Gasteiger partial charge on any atom is -0.481 e. The topological polar surface area (TPSA) is 88.5 Å². The second kappa shape index (κ2) is 6.51. The molecule has 1 aromatic carbocycles. The Morgan fingerprint density at radius 3 is 2.33 bits per heavy atom. The highest BCUT2D eigenvalue weighted by atomic mass is 16.5. The van der Waals surface area contributed by atoms with E-state index < -0.39 is 5.97 Å². The van der Waals surface area contributed by atoms with Gasteiger partial charge in [0, 0.05) is 18.8 Å². The van der Waals surface area contributed by atoms with Crippen LogP contribution in [0.1, 0.15) is 26.3 Å². The molecule has 0 saturated heterocycles. The van der Waals surface area contributed by atoms with E-state index >= 15 is 0 Å². The van der Waals surface area contributed by atoms with Crippen molar-refractivity contribution in [1.29, 1.82) is 0 Å². The van der Waals surface area contributed by atoms with Crippen LogP contribution in [0.25, 0.3) is 0 Å². The van der Waals surface area contributed by atoms with Crippen LogP contribution in [0.4, 0.5) is 0 Å². The van der Waals surface area contributed by atoms with Crippen LogP contribution in [0.2, 0.25) is 0 Å². The number of hydrogen-bond acceptors (Lipinski definition) is 4. The first-order valence-corrected chi connectivity index (χ1v) is 6.20. The van der Waals surface area contributed by atoms with Gasteiger partial charge in [0.05, 0.1) is 18.2 Å². The Kier molecular flexibility index (Phi) is 4.50. The first kappa shape index (κ1) is 14.5. The third kappa shape index (κ3) is 3.79. The zero-order chi connectivity index (χ0) is 15.2. The normalized spacial score (nSPS) is 9.95. The highest BCUT2D eigenvalue weighted by molar-refractivity contribution is 5.93. The van der Waals surface area contributed by atoms with E-state index in [-0.39, 0.29) is 11.5 Å². The minimum atomic E-state index is -0.977. The zero-order valence-corrected chi connectivity index (χ0v) is 11.4. The molecular formula is C15H14N2O4. The molecule has 1 amide bonds. The molecule has 1 aromatic heterocycles. The van der Waals surface area contributed by atoms with Crippen molar-refractivity contribution in [2.45, 2.75) is 6.54 Å². The van der Waals surface area contributed by atoms with Gasteiger partial charge in [0.2, 0.25) is 5.88 Å². The Morgan fingerprint density at radius 1 is 1.14 bits per heavy atom. The lowest BCUT2D eigenvalue weighted by atomic mass is 10.1. The lowest BCUT2D eigenvalue weighted by molar-refractivity contribution is 0.0696. The van der Waals surface area contributed by atoms with Gasteiger partial charge in [-0.15, -0.1) is 0 Å². The third-order valence-corrected chi connectivity index (χ3v) is 2.86. The molecule has 0 aliphatic rings. The van der Waals surface area contributed by atoms with E-state index in [1.54, 1.807) is 24.3 Å². The SMILES string of the molecule is COc1ccc(C(=O)NCc2ccc(C(=O)O)cc2)cn1. The molecule has 2 N–H and O–H groups in total. The number of aromatic carboxylic acids is 1. The van der Waals surface area contributed by atoms with Crippen molar-refractivity contribution in [3.8, 4) is 5.88 Å². The molecule has 0 aliphatic heterocycles. The number of carbonyl (C=O) groups excluding carboxylic acids is 1. The van der Waals surface area contributed by atoms with Crippen LogP contribution < -0.4 is 10.1 Å². The third-order valence-electron chi connectivity index (χ3n) is 2.86. The maximum Gasteiger partial charge on any atom is 0.335 e. The highest BCUT2D eigenvalue weighted by Gasteiger charge is 2.07. The van der Waals surface area contributed by atoms with Gasteiger partial charge in [-0.3, -0.25) is 4.79 Å². The van der Waals surface area contributed by atoms with Gasteiger partial charge in [-0.25, -0.2) is 9.78 Å². The summed E-state index contributed by atoms with van der Waals surface area (Å²) in [5.74, 6) is -0.793. The fourth-order valence-electron chi connectivity index (χ4n) is 1.68. The summed E-state index contributed by atoms with van der Waals surface area (Å²) in [6, 6.07) is 9.55. The van der Waals surface area contributed by atoms with Crippen molar-refractivity contribution in [3.63, 3.8) is 0 Å². The van der Waals surface area contributed by atoms with Gasteiger partial charge < -0.3 is 15.2 Å². The number of aromatic nitrogens is 1. The number of rotatable bonds is 5. The molecule has 0 spiro atoms. The van der Waals surface area contributed by atoms with Crippen molar-refractivity contribution >= 4 is 11.9 Å². The number of methoxy groups -OCH3 is 1. The van der Waals surface area contributed by atoms with E-state index in [4.69, 9.17) is 9.84 Å². The number of pyridine rings is 1. The Morgan fingerprint density at radius 2 is 1.81 bits per heavy atom. The van der Waals surface area contributed by atoms with Crippen molar-refractivity contribution in [1.82, 2.24) is 10.3 Å². The summed E-state index contributed by atoms with van der Waals surface area (Å²) >= 11 is 0. The molecule has 1 heterocycles. The van der Waals surface area contributed by atoms with E-state index in [1.165, 1.54) is 25.4 Å². The van der Waals surface area contributed by atoms with E-state index in [0.29, 0.717) is 18.0 Å². The van der Waals surface area contributed by atoms with E-state index in [1.807, 2.05) is 0 Å². The molecule has 2 rings (SSSR count). The van der Waals surface area contributed by atoms with Crippen LogP contribution in [0.3, 0.4) is 0 Å². The number of carboxylic acids is 1. The first-order chi connectivity index (χ1) is 10.1. The molecule has 6 heteroatoms. The van der Waals surface area contributed by atoms with Crippen molar-refractivity contribution in [2.75, 3.05) is 7.11 Å². The lowest BCUT2D eigenvalue weighted by Crippen LogP contribution is -2.22. The fourth-order valence-corrected chi connectivity index (χ4v) is 1.68. The van der Waals surface area contributed by atoms with E-state index in [2.05, 4.69) is 10.3 Å². The van der Waals surface area contributed by atoms with Gasteiger partial charge in [0.15, 0.2) is 0 Å². The van der Waals surface area contributed by atoms with Crippen LogP contribution >= 0.6 is 0 Å². The maximum atomic E-state index is 11.9. The molecule has 0 atom stereocenters. The number of nitrogens with one attached hydrogen (secondary N) is 1. The van der Waals surface area contributed by atoms with Gasteiger partial charge in [0.25, 0.3) is 5.91 Å². The average Bonchev–Trinajstić information content (AvgIpc) is 2.53. The average molecular weight is 286 g/mol. The molecule has 0 bridgehead atoms. The summed E-state index contributed by atoms with van der Waals surface area (Å²) in [7, 11) is 1.50. The maximum absolute atomic E-state index is 11.9. The molecule has 0 aliphatic carbocycles. The number of ether oxygens (including phenoxy) is 1. The summed E-state index contributed by atoms with van der Waals surface area (Å²) in [6.07, 6.45) is 1.43. The highest BCUT2D eigenvalue weighted by Crippen LogP contribution is 2.08. The van der Waals surface area contributed by atoms with Gasteiger partial charge in [-0.2, -0.15) is 0 Å². The van der Waals surface area contributed by atoms with Crippen LogP contribution in [-0.4, -0.2) is 29.1 Å². The molecule has 0 radical (unpaired) electrons. The van der Waals surface area contributed by atoms with E-state index in [0.717, 1.165) is 5.56 Å². The smallest absolute Gasteiger partial charge is 0.335 e. The van der Waals surface area contributed by atoms with Gasteiger partial charge in [-0.1, -0.05) is 12.1 Å². The monoisotopic (exact) mass is 286 g/mol. The van der Waals surface area contributed by atoms with Crippen LogP contribution in [0.15, 0.2) is 42.6 Å². The molecule has 6 nitrogen and oxygen atoms in total. The van der Waals surface area contributed by atoms with Gasteiger partial charge >= 0.3 is 5.97 Å². The number of carboxylic acid groups (broad SMARTS) is 1. The Bertz CT molecular complexity index is 636. The number of nitrogens with zero attached hydrogens (tertiary/aromatic N) is 1. The Balaban J connectivity index is 1.95. The Hall–Kier alpha value is -2.89. The van der Waals surface area contributed by atoms with Crippen molar-refractivity contribution in [3.05, 3.63) is 59.3 Å². The van der Waals surface area contributed by atoms with Gasteiger partial charge in [-0.05, 0) is 23.8 Å². The molecule has 2 aromatic rings. The molecule has 0 fully saturated rings. The second-order valence-electron chi connectivity index (χ2n) is 4.27. The molecule has 108 valence electrons. The van der Waals surface area contributed by atoms with Gasteiger partial charge in [0.1, 0.15) is 0 Å². The first-order valence-electron chi connectivity index (χ1n) is 6.20. The zero-order valence-electron chi connectivity index (χ0n) is 11.4. The summed E-state index contributed by atoms with van der Waals surface area (Å²) < 4.78 is 4.92. The summed E-state index contributed by atoms with van der Waals surface area (Å²) in [4.78, 5) is 26.6. The fraction of sp³-hybridized carbons (Fsp3) is 0.133. The predicted molar refractivity (Wildman–Crippen MR) is 75.4 cm³/mol.